The molecule has 13 aromatic rings. The van der Waals surface area contributed by atoms with Gasteiger partial charge < -0.3 is 4.57 Å². The lowest BCUT2D eigenvalue weighted by Gasteiger charge is -2.15. The van der Waals surface area contributed by atoms with Gasteiger partial charge in [0.2, 0.25) is 0 Å². The van der Waals surface area contributed by atoms with Crippen molar-refractivity contribution in [3.8, 4) is 73.2 Å². The van der Waals surface area contributed by atoms with E-state index < -0.39 is 0 Å². The van der Waals surface area contributed by atoms with Crippen LogP contribution in [0.15, 0.2) is 243 Å². The zero-order valence-electron chi connectivity index (χ0n) is 36.4. The molecule has 2 aromatic heterocycles. The molecule has 0 spiro atoms. The van der Waals surface area contributed by atoms with Gasteiger partial charge in [-0.2, -0.15) is 0 Å². The first kappa shape index (κ1) is 38.5. The molecule has 312 valence electrons. The molecule has 0 N–H and O–H groups in total. The topological polar surface area (TPSA) is 43.6 Å². The van der Waals surface area contributed by atoms with Gasteiger partial charge in [0.1, 0.15) is 0 Å². The van der Waals surface area contributed by atoms with Crippen LogP contribution in [0.3, 0.4) is 0 Å². The second-order valence-electron chi connectivity index (χ2n) is 17.1. The number of para-hydroxylation sites is 2. The zero-order valence-corrected chi connectivity index (χ0v) is 36.4. The quantitative estimate of drug-likeness (QED) is 0.118. The third-order valence-corrected chi connectivity index (χ3v) is 13.3. The Morgan fingerprint density at radius 1 is 0.254 bits per heavy atom. The molecule has 0 saturated carbocycles. The minimum absolute atomic E-state index is 0.613. The predicted molar refractivity (Wildman–Crippen MR) is 279 cm³/mol. The minimum Gasteiger partial charge on any atom is -0.309 e. The summed E-state index contributed by atoms with van der Waals surface area (Å²) in [4.78, 5) is 15.8. The summed E-state index contributed by atoms with van der Waals surface area (Å²) in [6.45, 7) is 0. The average molecular weight is 853 g/mol. The van der Waals surface area contributed by atoms with E-state index in [0.717, 1.165) is 55.7 Å². The molecule has 67 heavy (non-hydrogen) atoms. The van der Waals surface area contributed by atoms with Gasteiger partial charge in [-0.25, -0.2) is 15.0 Å². The van der Waals surface area contributed by atoms with Crippen molar-refractivity contribution in [3.63, 3.8) is 0 Å². The molecule has 0 unspecified atom stereocenters. The lowest BCUT2D eigenvalue weighted by Crippen LogP contribution is -2.01. The van der Waals surface area contributed by atoms with Gasteiger partial charge in [0.25, 0.3) is 0 Å². The molecule has 0 aliphatic heterocycles. The Labute approximate surface area is 387 Å². The Morgan fingerprint density at radius 2 is 0.761 bits per heavy atom. The van der Waals surface area contributed by atoms with Crippen LogP contribution in [0.2, 0.25) is 0 Å². The van der Waals surface area contributed by atoms with Gasteiger partial charge in [-0.3, -0.25) is 0 Å². The van der Waals surface area contributed by atoms with Crippen molar-refractivity contribution in [1.29, 1.82) is 0 Å². The first-order valence-corrected chi connectivity index (χ1v) is 22.8. The molecule has 11 aromatic carbocycles. The van der Waals surface area contributed by atoms with Crippen molar-refractivity contribution in [3.05, 3.63) is 243 Å². The normalized spacial score (nSPS) is 11.6. The highest BCUT2D eigenvalue weighted by Gasteiger charge is 2.19. The molecule has 0 amide bonds. The second kappa shape index (κ2) is 15.9. The van der Waals surface area contributed by atoms with Crippen LogP contribution >= 0.6 is 0 Å². The number of aromatic nitrogens is 4. The summed E-state index contributed by atoms with van der Waals surface area (Å²) < 4.78 is 2.36. The number of nitrogens with zero attached hydrogens (tertiary/aromatic N) is 4. The lowest BCUT2D eigenvalue weighted by molar-refractivity contribution is 1.07. The van der Waals surface area contributed by atoms with Gasteiger partial charge in [0.15, 0.2) is 17.5 Å². The molecule has 0 aliphatic carbocycles. The van der Waals surface area contributed by atoms with Crippen LogP contribution < -0.4 is 0 Å². The summed E-state index contributed by atoms with van der Waals surface area (Å²) in [5.41, 5.74) is 13.0. The molecule has 0 fully saturated rings. The number of rotatable bonds is 7. The fraction of sp³-hybridized carbons (Fsp3) is 0. The van der Waals surface area contributed by atoms with Crippen molar-refractivity contribution in [2.75, 3.05) is 0 Å². The largest absolute Gasteiger partial charge is 0.309 e. The van der Waals surface area contributed by atoms with E-state index in [-0.39, 0.29) is 0 Å². The maximum absolute atomic E-state index is 5.32. The monoisotopic (exact) mass is 852 g/mol. The second-order valence-corrected chi connectivity index (χ2v) is 17.1. The van der Waals surface area contributed by atoms with Gasteiger partial charge in [-0.05, 0) is 96.0 Å². The minimum atomic E-state index is 0.613. The molecule has 13 rings (SSSR count). The molecular weight excluding hydrogens is 813 g/mol. The lowest BCUT2D eigenvalue weighted by atomic mass is 9.89. The molecule has 0 saturated heterocycles. The van der Waals surface area contributed by atoms with Gasteiger partial charge in [-0.15, -0.1) is 0 Å². The summed E-state index contributed by atoms with van der Waals surface area (Å²) in [5, 5.41) is 9.84. The van der Waals surface area contributed by atoms with Gasteiger partial charge >= 0.3 is 0 Å². The standard InChI is InChI=1S/C63H40N4/c1-3-15-41(16-4-1)42-27-31-45(32-28-42)61-64-62(46-33-29-44(30-34-46)60-52-23-10-8-18-47(52)39-57-50-21-9-7-17-43(50)35-38-55(57)60)66-63(65-61)56-25-12-11-22-51(56)48-36-37-54-53-24-13-14-26-58(53)67(59(54)40-48)49-19-5-2-6-20-49/h1-40H. The molecule has 4 nitrogen and oxygen atoms in total. The number of hydrogen-bond donors (Lipinski definition) is 0. The Kier molecular flexibility index (Phi) is 9.14. The van der Waals surface area contributed by atoms with E-state index in [0.29, 0.717) is 17.5 Å². The first-order chi connectivity index (χ1) is 33.2. The summed E-state index contributed by atoms with van der Waals surface area (Å²) in [5.74, 6) is 1.84. The Morgan fingerprint density at radius 3 is 1.51 bits per heavy atom. The molecule has 0 aliphatic rings. The van der Waals surface area contributed by atoms with Crippen LogP contribution in [-0.2, 0) is 0 Å². The highest BCUT2D eigenvalue weighted by molar-refractivity contribution is 6.20. The van der Waals surface area contributed by atoms with Crippen LogP contribution in [0.25, 0.3) is 127 Å². The highest BCUT2D eigenvalue weighted by atomic mass is 15.0. The van der Waals surface area contributed by atoms with E-state index in [1.54, 1.807) is 0 Å². The summed E-state index contributed by atoms with van der Waals surface area (Å²) >= 11 is 0. The number of hydrogen-bond acceptors (Lipinski definition) is 3. The van der Waals surface area contributed by atoms with Crippen LogP contribution in [-0.4, -0.2) is 19.5 Å². The van der Waals surface area contributed by atoms with Gasteiger partial charge in [0, 0.05) is 33.2 Å². The first-order valence-electron chi connectivity index (χ1n) is 22.8. The molecule has 0 atom stereocenters. The van der Waals surface area contributed by atoms with E-state index in [4.69, 9.17) is 15.0 Å². The van der Waals surface area contributed by atoms with Crippen molar-refractivity contribution in [2.45, 2.75) is 0 Å². The third kappa shape index (κ3) is 6.65. The van der Waals surface area contributed by atoms with Crippen LogP contribution in [0, 0.1) is 0 Å². The maximum atomic E-state index is 5.32. The summed E-state index contributed by atoms with van der Waals surface area (Å²) in [7, 11) is 0. The highest BCUT2D eigenvalue weighted by Crippen LogP contribution is 2.41. The van der Waals surface area contributed by atoms with Crippen LogP contribution in [0.5, 0.6) is 0 Å². The van der Waals surface area contributed by atoms with E-state index in [1.165, 1.54) is 54.2 Å². The maximum Gasteiger partial charge on any atom is 0.164 e. The van der Waals surface area contributed by atoms with Crippen molar-refractivity contribution < 1.29 is 0 Å². The van der Waals surface area contributed by atoms with E-state index in [1.807, 2.05) is 6.07 Å². The van der Waals surface area contributed by atoms with E-state index in [2.05, 4.69) is 241 Å². The fourth-order valence-electron chi connectivity index (χ4n) is 10.0. The van der Waals surface area contributed by atoms with Crippen molar-refractivity contribution in [2.24, 2.45) is 0 Å². The van der Waals surface area contributed by atoms with Gasteiger partial charge in [-0.1, -0.05) is 212 Å². The average Bonchev–Trinajstić information content (AvgIpc) is 3.74. The Hall–Kier alpha value is -8.99. The van der Waals surface area contributed by atoms with Crippen LogP contribution in [0.1, 0.15) is 0 Å². The fourth-order valence-corrected chi connectivity index (χ4v) is 10.0. The third-order valence-electron chi connectivity index (χ3n) is 13.3. The Balaban J connectivity index is 0.970. The predicted octanol–water partition coefficient (Wildman–Crippen LogP) is 16.4. The molecule has 0 radical (unpaired) electrons. The molecule has 4 heteroatoms. The molecular formula is C63H40N4. The van der Waals surface area contributed by atoms with Crippen molar-refractivity contribution >= 4 is 54.1 Å². The summed E-state index contributed by atoms with van der Waals surface area (Å²) in [6, 6.07) is 86.5. The van der Waals surface area contributed by atoms with Gasteiger partial charge in [0.05, 0.1) is 11.0 Å². The van der Waals surface area contributed by atoms with Crippen LogP contribution in [0.4, 0.5) is 0 Å². The van der Waals surface area contributed by atoms with E-state index >= 15 is 0 Å². The molecule has 2 heterocycles. The number of fused-ring (bicyclic) bond motifs is 7. The number of benzene rings is 11. The van der Waals surface area contributed by atoms with Crippen molar-refractivity contribution in [1.82, 2.24) is 19.5 Å². The Bertz CT molecular complexity index is 4010. The summed E-state index contributed by atoms with van der Waals surface area (Å²) in [6.07, 6.45) is 0. The van der Waals surface area contributed by atoms with E-state index in [9.17, 15) is 0 Å². The smallest absolute Gasteiger partial charge is 0.164 e. The molecule has 0 bridgehead atoms. The zero-order chi connectivity index (χ0) is 44.3. The SMILES string of the molecule is c1ccc(-c2ccc(-c3nc(-c4ccc(-c5c6ccccc6cc6c5ccc5ccccc56)cc4)nc(-c4ccccc4-c4ccc5c6ccccc6n(-c6ccccc6)c5c4)n3)cc2)cc1.